The average molecular weight is 415 g/mol. The van der Waals surface area contributed by atoms with Crippen LogP contribution in [0.3, 0.4) is 0 Å². The second-order valence-corrected chi connectivity index (χ2v) is 6.52. The molecule has 0 aliphatic rings. The van der Waals surface area contributed by atoms with Gasteiger partial charge >= 0.3 is 11.7 Å². The molecule has 0 bridgehead atoms. The summed E-state index contributed by atoms with van der Waals surface area (Å²) in [5.74, 6) is -1.35. The van der Waals surface area contributed by atoms with Crippen LogP contribution in [-0.4, -0.2) is 32.7 Å². The topological polar surface area (TPSA) is 116 Å². The summed E-state index contributed by atoms with van der Waals surface area (Å²) in [5.41, 5.74) is 0.571. The number of aromatic nitrogens is 2. The number of ether oxygens (including phenoxy) is 1. The summed E-state index contributed by atoms with van der Waals surface area (Å²) in [5, 5.41) is 18.1. The molecule has 0 saturated heterocycles. The Morgan fingerprint density at radius 3 is 2.59 bits per heavy atom. The molecule has 1 atom stereocenters. The SMILES string of the molecule is Cc1nn(CC(=O)O[C@@H](C)C(=O)Nc2ccc(Cl)cc2Cl)c(C)c1[N+](=O)[O-]. The van der Waals surface area contributed by atoms with Crippen molar-refractivity contribution in [3.63, 3.8) is 0 Å². The Morgan fingerprint density at radius 1 is 1.37 bits per heavy atom. The Labute approximate surface area is 164 Å². The van der Waals surface area contributed by atoms with Crippen LogP contribution in [0.4, 0.5) is 11.4 Å². The van der Waals surface area contributed by atoms with Crippen LogP contribution >= 0.6 is 23.2 Å². The highest BCUT2D eigenvalue weighted by atomic mass is 35.5. The molecule has 1 N–H and O–H groups in total. The Bertz CT molecular complexity index is 912. The van der Waals surface area contributed by atoms with Crippen LogP contribution in [0.25, 0.3) is 0 Å². The van der Waals surface area contributed by atoms with E-state index in [0.717, 1.165) is 4.68 Å². The third-order valence-electron chi connectivity index (χ3n) is 3.67. The van der Waals surface area contributed by atoms with Crippen LogP contribution in [-0.2, 0) is 20.9 Å². The number of carbonyl (C=O) groups is 2. The largest absolute Gasteiger partial charge is 0.451 e. The molecule has 1 heterocycles. The van der Waals surface area contributed by atoms with Crippen LogP contribution < -0.4 is 5.32 Å². The number of halogens is 2. The molecule has 1 amide bonds. The summed E-state index contributed by atoms with van der Waals surface area (Å²) < 4.78 is 6.23. The summed E-state index contributed by atoms with van der Waals surface area (Å²) in [6.45, 7) is 3.98. The van der Waals surface area contributed by atoms with Crippen molar-refractivity contribution in [3.8, 4) is 0 Å². The standard InChI is InChI=1S/C16H16Cl2N4O5/c1-8-15(22(25)26)9(2)21(20-8)7-14(23)27-10(3)16(24)19-13-5-4-11(17)6-12(13)18/h4-6,10H,7H2,1-3H3,(H,19,24)/t10-/m0/s1. The predicted octanol–water partition coefficient (Wildman–Crippen LogP) is 3.29. The lowest BCUT2D eigenvalue weighted by molar-refractivity contribution is -0.386. The van der Waals surface area contributed by atoms with Gasteiger partial charge in [0.1, 0.15) is 17.9 Å². The maximum Gasteiger partial charge on any atom is 0.328 e. The molecular weight excluding hydrogens is 399 g/mol. The molecular formula is C16H16Cl2N4O5. The third-order valence-corrected chi connectivity index (χ3v) is 4.22. The van der Waals surface area contributed by atoms with Gasteiger partial charge in [-0.3, -0.25) is 24.4 Å². The van der Waals surface area contributed by atoms with Crippen molar-refractivity contribution in [2.75, 3.05) is 5.32 Å². The predicted molar refractivity (Wildman–Crippen MR) is 99.0 cm³/mol. The Morgan fingerprint density at radius 2 is 2.04 bits per heavy atom. The van der Waals surface area contributed by atoms with E-state index in [0.29, 0.717) is 10.7 Å². The normalized spacial score (nSPS) is 11.7. The summed E-state index contributed by atoms with van der Waals surface area (Å²) in [4.78, 5) is 34.6. The molecule has 2 aromatic rings. The van der Waals surface area contributed by atoms with E-state index in [4.69, 9.17) is 27.9 Å². The first-order valence-corrected chi connectivity index (χ1v) is 8.49. The van der Waals surface area contributed by atoms with Crippen LogP contribution in [0.2, 0.25) is 10.0 Å². The smallest absolute Gasteiger partial charge is 0.328 e. The Hall–Kier alpha value is -2.65. The first-order chi connectivity index (χ1) is 12.6. The van der Waals surface area contributed by atoms with Crippen molar-refractivity contribution >= 4 is 46.5 Å². The van der Waals surface area contributed by atoms with Gasteiger partial charge in [0.2, 0.25) is 0 Å². The van der Waals surface area contributed by atoms with Gasteiger partial charge in [-0.15, -0.1) is 0 Å². The van der Waals surface area contributed by atoms with Gasteiger partial charge in [0.05, 0.1) is 15.6 Å². The number of nitro groups is 1. The van der Waals surface area contributed by atoms with Gasteiger partial charge in [0.25, 0.3) is 5.91 Å². The van der Waals surface area contributed by atoms with Crippen molar-refractivity contribution in [2.45, 2.75) is 33.4 Å². The van der Waals surface area contributed by atoms with Crippen LogP contribution in [0.15, 0.2) is 18.2 Å². The molecule has 144 valence electrons. The zero-order chi connectivity index (χ0) is 20.3. The van der Waals surface area contributed by atoms with E-state index in [1.165, 1.54) is 32.9 Å². The van der Waals surface area contributed by atoms with E-state index >= 15 is 0 Å². The number of benzene rings is 1. The Balaban J connectivity index is 2.00. The highest BCUT2D eigenvalue weighted by Crippen LogP contribution is 2.25. The molecule has 1 aromatic carbocycles. The van der Waals surface area contributed by atoms with Gasteiger partial charge in [-0.05, 0) is 39.0 Å². The monoisotopic (exact) mass is 414 g/mol. The highest BCUT2D eigenvalue weighted by molar-refractivity contribution is 6.36. The zero-order valence-electron chi connectivity index (χ0n) is 14.7. The second-order valence-electron chi connectivity index (χ2n) is 5.68. The van der Waals surface area contributed by atoms with E-state index in [2.05, 4.69) is 10.4 Å². The molecule has 0 spiro atoms. The molecule has 0 radical (unpaired) electrons. The first kappa shape index (κ1) is 20.7. The fourth-order valence-corrected chi connectivity index (χ4v) is 2.80. The first-order valence-electron chi connectivity index (χ1n) is 7.74. The minimum atomic E-state index is -1.11. The fraction of sp³-hybridized carbons (Fsp3) is 0.312. The van der Waals surface area contributed by atoms with Crippen LogP contribution in [0.1, 0.15) is 18.3 Å². The number of amides is 1. The van der Waals surface area contributed by atoms with Crippen LogP contribution in [0, 0.1) is 24.0 Å². The molecule has 27 heavy (non-hydrogen) atoms. The molecule has 0 saturated carbocycles. The maximum atomic E-state index is 12.2. The number of esters is 1. The van der Waals surface area contributed by atoms with Crippen molar-refractivity contribution < 1.29 is 19.2 Å². The maximum absolute atomic E-state index is 12.2. The van der Waals surface area contributed by atoms with Crippen molar-refractivity contribution in [1.82, 2.24) is 9.78 Å². The quantitative estimate of drug-likeness (QED) is 0.440. The average Bonchev–Trinajstić information content (AvgIpc) is 2.83. The molecule has 0 unspecified atom stereocenters. The Kier molecular flexibility index (Phi) is 6.40. The van der Waals surface area contributed by atoms with Gasteiger partial charge < -0.3 is 10.1 Å². The van der Waals surface area contributed by atoms with Crippen LogP contribution in [0.5, 0.6) is 0 Å². The summed E-state index contributed by atoms with van der Waals surface area (Å²) in [6, 6.07) is 4.53. The molecule has 0 aliphatic carbocycles. The van der Waals surface area contributed by atoms with Gasteiger partial charge in [-0.2, -0.15) is 5.10 Å². The minimum absolute atomic E-state index is 0.161. The van der Waals surface area contributed by atoms with Gasteiger partial charge in [0, 0.05) is 5.02 Å². The lowest BCUT2D eigenvalue weighted by Crippen LogP contribution is -2.31. The molecule has 0 fully saturated rings. The van der Waals surface area contributed by atoms with Gasteiger partial charge in [0.15, 0.2) is 6.10 Å². The number of aryl methyl sites for hydroxylation is 1. The molecule has 1 aromatic heterocycles. The van der Waals surface area contributed by atoms with Crippen molar-refractivity contribution in [1.29, 1.82) is 0 Å². The van der Waals surface area contributed by atoms with E-state index < -0.39 is 22.9 Å². The number of carbonyl (C=O) groups excluding carboxylic acids is 2. The van der Waals surface area contributed by atoms with Crippen molar-refractivity contribution in [3.05, 3.63) is 49.7 Å². The minimum Gasteiger partial charge on any atom is -0.451 e. The van der Waals surface area contributed by atoms with Gasteiger partial charge in [-0.1, -0.05) is 23.2 Å². The molecule has 2 rings (SSSR count). The number of anilines is 1. The summed E-state index contributed by atoms with van der Waals surface area (Å²) in [6.07, 6.45) is -1.11. The summed E-state index contributed by atoms with van der Waals surface area (Å²) >= 11 is 11.8. The van der Waals surface area contributed by atoms with E-state index in [-0.39, 0.29) is 28.6 Å². The third kappa shape index (κ3) is 4.95. The number of hydrogen-bond acceptors (Lipinski definition) is 6. The van der Waals surface area contributed by atoms with E-state index in [1.54, 1.807) is 6.07 Å². The molecule has 9 nitrogen and oxygen atoms in total. The summed E-state index contributed by atoms with van der Waals surface area (Å²) in [7, 11) is 0. The van der Waals surface area contributed by atoms with Gasteiger partial charge in [-0.25, -0.2) is 0 Å². The highest BCUT2D eigenvalue weighted by Gasteiger charge is 2.24. The van der Waals surface area contributed by atoms with E-state index in [9.17, 15) is 19.7 Å². The lowest BCUT2D eigenvalue weighted by Gasteiger charge is -2.14. The number of nitrogens with zero attached hydrogens (tertiary/aromatic N) is 3. The number of rotatable bonds is 6. The number of hydrogen-bond donors (Lipinski definition) is 1. The fourth-order valence-electron chi connectivity index (χ4n) is 2.34. The number of nitrogens with one attached hydrogen (secondary N) is 1. The lowest BCUT2D eigenvalue weighted by atomic mass is 10.3. The zero-order valence-corrected chi connectivity index (χ0v) is 16.2. The van der Waals surface area contributed by atoms with E-state index in [1.807, 2.05) is 0 Å². The van der Waals surface area contributed by atoms with Crippen molar-refractivity contribution in [2.24, 2.45) is 0 Å². The molecule has 0 aliphatic heterocycles. The molecule has 11 heteroatoms. The second kappa shape index (κ2) is 8.36.